The summed E-state index contributed by atoms with van der Waals surface area (Å²) in [5, 5.41) is 7.08. The van der Waals surface area contributed by atoms with Crippen molar-refractivity contribution in [3.63, 3.8) is 0 Å². The Morgan fingerprint density at radius 3 is 2.74 bits per heavy atom. The van der Waals surface area contributed by atoms with Crippen LogP contribution in [-0.4, -0.2) is 36.5 Å². The predicted molar refractivity (Wildman–Crippen MR) is 87.8 cm³/mol. The van der Waals surface area contributed by atoms with Crippen molar-refractivity contribution in [2.75, 3.05) is 20.8 Å². The number of methoxy groups -OCH3 is 2. The molecule has 0 bridgehead atoms. The number of rotatable bonds is 8. The third-order valence-electron chi connectivity index (χ3n) is 3.64. The third-order valence-corrected chi connectivity index (χ3v) is 3.64. The maximum absolute atomic E-state index is 12.0. The summed E-state index contributed by atoms with van der Waals surface area (Å²) < 4.78 is 12.3. The van der Waals surface area contributed by atoms with Gasteiger partial charge in [-0.1, -0.05) is 6.07 Å². The summed E-state index contributed by atoms with van der Waals surface area (Å²) >= 11 is 0. The van der Waals surface area contributed by atoms with Crippen LogP contribution in [0.4, 0.5) is 0 Å². The summed E-state index contributed by atoms with van der Waals surface area (Å²) in [7, 11) is 3.22. The summed E-state index contributed by atoms with van der Waals surface area (Å²) in [6, 6.07) is 7.67. The minimum Gasteiger partial charge on any atom is -0.493 e. The SMILES string of the molecule is COc1ccc(CCNC(=O)C[C@H](C)n2cccn2)cc1OC. The van der Waals surface area contributed by atoms with Gasteiger partial charge in [0.25, 0.3) is 0 Å². The summed E-state index contributed by atoms with van der Waals surface area (Å²) in [5.41, 5.74) is 1.09. The van der Waals surface area contributed by atoms with Crippen LogP contribution in [-0.2, 0) is 11.2 Å². The first-order chi connectivity index (χ1) is 11.1. The van der Waals surface area contributed by atoms with Crippen LogP contribution in [0.1, 0.15) is 24.9 Å². The lowest BCUT2D eigenvalue weighted by Crippen LogP contribution is -2.27. The molecule has 0 saturated carbocycles. The van der Waals surface area contributed by atoms with E-state index in [2.05, 4.69) is 10.4 Å². The van der Waals surface area contributed by atoms with E-state index in [1.54, 1.807) is 25.1 Å². The maximum atomic E-state index is 12.0. The summed E-state index contributed by atoms with van der Waals surface area (Å²) in [6.07, 6.45) is 4.73. The molecule has 124 valence electrons. The Balaban J connectivity index is 1.79. The number of carbonyl (C=O) groups excluding carboxylic acids is 1. The fraction of sp³-hybridized carbons (Fsp3) is 0.412. The molecule has 2 aromatic rings. The molecule has 6 nitrogen and oxygen atoms in total. The molecule has 1 heterocycles. The van der Waals surface area contributed by atoms with Gasteiger partial charge < -0.3 is 14.8 Å². The van der Waals surface area contributed by atoms with E-state index in [0.29, 0.717) is 24.5 Å². The molecule has 23 heavy (non-hydrogen) atoms. The molecule has 0 spiro atoms. The van der Waals surface area contributed by atoms with E-state index in [1.165, 1.54) is 0 Å². The average Bonchev–Trinajstić information content (AvgIpc) is 3.09. The Labute approximate surface area is 136 Å². The molecule has 6 heteroatoms. The maximum Gasteiger partial charge on any atom is 0.222 e. The van der Waals surface area contributed by atoms with E-state index < -0.39 is 0 Å². The summed E-state index contributed by atoms with van der Waals surface area (Å²) in [6.45, 7) is 2.56. The Bertz CT molecular complexity index is 626. The highest BCUT2D eigenvalue weighted by molar-refractivity contribution is 5.76. The van der Waals surface area contributed by atoms with Crippen LogP contribution in [0.25, 0.3) is 0 Å². The van der Waals surface area contributed by atoms with Crippen LogP contribution in [0, 0.1) is 0 Å². The van der Waals surface area contributed by atoms with Crippen LogP contribution in [0.15, 0.2) is 36.7 Å². The molecular formula is C17H23N3O3. The summed E-state index contributed by atoms with van der Waals surface area (Å²) in [4.78, 5) is 12.0. The van der Waals surface area contributed by atoms with Crippen molar-refractivity contribution in [1.82, 2.24) is 15.1 Å². The zero-order chi connectivity index (χ0) is 16.7. The van der Waals surface area contributed by atoms with E-state index in [4.69, 9.17) is 9.47 Å². The normalized spacial score (nSPS) is 11.8. The second kappa shape index (κ2) is 8.22. The van der Waals surface area contributed by atoms with Crippen molar-refractivity contribution in [2.24, 2.45) is 0 Å². The highest BCUT2D eigenvalue weighted by atomic mass is 16.5. The Hall–Kier alpha value is -2.50. The lowest BCUT2D eigenvalue weighted by atomic mass is 10.1. The number of hydrogen-bond acceptors (Lipinski definition) is 4. The van der Waals surface area contributed by atoms with E-state index >= 15 is 0 Å². The largest absolute Gasteiger partial charge is 0.493 e. The molecule has 0 aliphatic heterocycles. The van der Waals surface area contributed by atoms with Gasteiger partial charge in [0.05, 0.1) is 20.3 Å². The lowest BCUT2D eigenvalue weighted by Gasteiger charge is -2.13. The van der Waals surface area contributed by atoms with Gasteiger partial charge in [0.2, 0.25) is 5.91 Å². The van der Waals surface area contributed by atoms with Gasteiger partial charge in [-0.15, -0.1) is 0 Å². The highest BCUT2D eigenvalue weighted by Gasteiger charge is 2.10. The molecule has 1 amide bonds. The first kappa shape index (κ1) is 16.9. The predicted octanol–water partition coefficient (Wildman–Crippen LogP) is 2.21. The van der Waals surface area contributed by atoms with Gasteiger partial charge in [0.15, 0.2) is 11.5 Å². The number of amides is 1. The number of nitrogens with zero attached hydrogens (tertiary/aromatic N) is 2. The second-order valence-corrected chi connectivity index (χ2v) is 5.33. The summed E-state index contributed by atoms with van der Waals surface area (Å²) in [5.74, 6) is 1.42. The number of carbonyl (C=O) groups is 1. The smallest absolute Gasteiger partial charge is 0.222 e. The van der Waals surface area contributed by atoms with E-state index in [-0.39, 0.29) is 11.9 Å². The number of hydrogen-bond donors (Lipinski definition) is 1. The number of benzene rings is 1. The van der Waals surface area contributed by atoms with Crippen molar-refractivity contribution in [3.05, 3.63) is 42.2 Å². The number of nitrogens with one attached hydrogen (secondary N) is 1. The van der Waals surface area contributed by atoms with Gasteiger partial charge in [-0.2, -0.15) is 5.10 Å². The second-order valence-electron chi connectivity index (χ2n) is 5.33. The molecule has 1 atom stereocenters. The number of aromatic nitrogens is 2. The van der Waals surface area contributed by atoms with Crippen LogP contribution >= 0.6 is 0 Å². The van der Waals surface area contributed by atoms with Gasteiger partial charge in [0.1, 0.15) is 0 Å². The fourth-order valence-corrected chi connectivity index (χ4v) is 2.36. The van der Waals surface area contributed by atoms with E-state index in [9.17, 15) is 4.79 Å². The molecule has 1 aromatic carbocycles. The van der Waals surface area contributed by atoms with Gasteiger partial charge in [-0.3, -0.25) is 9.48 Å². The third kappa shape index (κ3) is 4.74. The van der Waals surface area contributed by atoms with Crippen molar-refractivity contribution in [2.45, 2.75) is 25.8 Å². The van der Waals surface area contributed by atoms with Crippen LogP contribution in [0.3, 0.4) is 0 Å². The molecule has 0 aliphatic rings. The standard InChI is InChI=1S/C17H23N3O3/c1-13(20-10-4-8-19-20)11-17(21)18-9-7-14-5-6-15(22-2)16(12-14)23-3/h4-6,8,10,12-13H,7,9,11H2,1-3H3,(H,18,21)/t13-/m0/s1. The quantitative estimate of drug-likeness (QED) is 0.811. The Kier molecular flexibility index (Phi) is 6.02. The molecule has 1 N–H and O–H groups in total. The highest BCUT2D eigenvalue weighted by Crippen LogP contribution is 2.27. The lowest BCUT2D eigenvalue weighted by molar-refractivity contribution is -0.121. The van der Waals surface area contributed by atoms with E-state index in [1.807, 2.05) is 37.4 Å². The first-order valence-corrected chi connectivity index (χ1v) is 7.60. The van der Waals surface area contributed by atoms with Gasteiger partial charge in [-0.05, 0) is 37.1 Å². The molecule has 0 unspecified atom stereocenters. The van der Waals surface area contributed by atoms with Crippen molar-refractivity contribution >= 4 is 5.91 Å². The molecule has 0 radical (unpaired) electrons. The van der Waals surface area contributed by atoms with Crippen LogP contribution in [0.2, 0.25) is 0 Å². The molecule has 1 aromatic heterocycles. The van der Waals surface area contributed by atoms with Crippen molar-refractivity contribution < 1.29 is 14.3 Å². The molecule has 0 aliphatic carbocycles. The Morgan fingerprint density at radius 2 is 2.09 bits per heavy atom. The topological polar surface area (TPSA) is 65.4 Å². The molecule has 0 fully saturated rings. The first-order valence-electron chi connectivity index (χ1n) is 7.60. The number of ether oxygens (including phenoxy) is 2. The minimum absolute atomic E-state index is 0.0217. The molecule has 2 rings (SSSR count). The van der Waals surface area contributed by atoms with Gasteiger partial charge in [-0.25, -0.2) is 0 Å². The molecule has 0 saturated heterocycles. The van der Waals surface area contributed by atoms with Gasteiger partial charge >= 0.3 is 0 Å². The monoisotopic (exact) mass is 317 g/mol. The van der Waals surface area contributed by atoms with Crippen molar-refractivity contribution in [3.8, 4) is 11.5 Å². The minimum atomic E-state index is 0.0217. The molecular weight excluding hydrogens is 294 g/mol. The average molecular weight is 317 g/mol. The van der Waals surface area contributed by atoms with Crippen LogP contribution in [0.5, 0.6) is 11.5 Å². The zero-order valence-electron chi connectivity index (χ0n) is 13.8. The van der Waals surface area contributed by atoms with Gasteiger partial charge in [0, 0.05) is 25.4 Å². The zero-order valence-corrected chi connectivity index (χ0v) is 13.8. The van der Waals surface area contributed by atoms with Crippen molar-refractivity contribution in [1.29, 1.82) is 0 Å². The van der Waals surface area contributed by atoms with E-state index in [0.717, 1.165) is 12.0 Å². The Morgan fingerprint density at radius 1 is 1.30 bits per heavy atom. The van der Waals surface area contributed by atoms with Crippen LogP contribution < -0.4 is 14.8 Å². The fourth-order valence-electron chi connectivity index (χ4n) is 2.36.